The predicted molar refractivity (Wildman–Crippen MR) is 73.1 cm³/mol. The van der Waals surface area contributed by atoms with Crippen LogP contribution in [0.2, 0.25) is 5.02 Å². The third kappa shape index (κ3) is 4.96. The number of carbonyl (C=O) groups is 1. The number of hydrogen-bond donors (Lipinski definition) is 2. The van der Waals surface area contributed by atoms with Crippen LogP contribution in [0.4, 0.5) is 0 Å². The molecule has 0 radical (unpaired) electrons. The lowest BCUT2D eigenvalue weighted by Crippen LogP contribution is -2.21. The van der Waals surface area contributed by atoms with Crippen LogP contribution in [0.1, 0.15) is 19.4 Å². The highest BCUT2D eigenvalue weighted by Crippen LogP contribution is 2.36. The lowest BCUT2D eigenvalue weighted by molar-refractivity contribution is -0.139. The fourth-order valence-electron chi connectivity index (χ4n) is 1.47. The van der Waals surface area contributed by atoms with E-state index in [1.54, 1.807) is 12.1 Å². The maximum atomic E-state index is 10.5. The molecule has 0 saturated heterocycles. The Balaban J connectivity index is 2.90. The van der Waals surface area contributed by atoms with Crippen LogP contribution in [0.3, 0.4) is 0 Å². The average molecular weight is 288 g/mol. The summed E-state index contributed by atoms with van der Waals surface area (Å²) >= 11 is 6.09. The second-order valence-corrected chi connectivity index (χ2v) is 4.73. The van der Waals surface area contributed by atoms with Gasteiger partial charge in [-0.05, 0) is 17.7 Å². The Bertz CT molecular complexity index is 449. The van der Waals surface area contributed by atoms with Gasteiger partial charge in [0.2, 0.25) is 0 Å². The summed E-state index contributed by atoms with van der Waals surface area (Å²) < 4.78 is 10.3. The molecule has 0 saturated carbocycles. The molecule has 0 aliphatic rings. The first-order valence-electron chi connectivity index (χ1n) is 5.88. The Morgan fingerprint density at radius 1 is 1.47 bits per heavy atom. The first-order chi connectivity index (χ1) is 8.93. The molecule has 0 fully saturated rings. The minimum Gasteiger partial charge on any atom is -0.493 e. The standard InChI is InChI=1S/C13H18ClNO4/c1-8(2)15-6-9-4-10(14)13(11(5-9)18-3)19-7-12(16)17/h4-5,8,15H,6-7H2,1-3H3,(H,16,17). The van der Waals surface area contributed by atoms with Gasteiger partial charge >= 0.3 is 5.97 Å². The molecule has 19 heavy (non-hydrogen) atoms. The highest BCUT2D eigenvalue weighted by atomic mass is 35.5. The number of aliphatic carboxylic acids is 1. The maximum Gasteiger partial charge on any atom is 0.341 e. The Labute approximate surface area is 117 Å². The smallest absolute Gasteiger partial charge is 0.341 e. The summed E-state index contributed by atoms with van der Waals surface area (Å²) in [5.74, 6) is -0.391. The molecule has 106 valence electrons. The van der Waals surface area contributed by atoms with Crippen molar-refractivity contribution >= 4 is 17.6 Å². The molecule has 5 nitrogen and oxygen atoms in total. The van der Waals surface area contributed by atoms with Crippen molar-refractivity contribution < 1.29 is 19.4 Å². The van der Waals surface area contributed by atoms with Gasteiger partial charge in [-0.25, -0.2) is 4.79 Å². The highest BCUT2D eigenvalue weighted by Gasteiger charge is 2.13. The van der Waals surface area contributed by atoms with E-state index in [1.165, 1.54) is 7.11 Å². The number of halogens is 1. The number of benzene rings is 1. The van der Waals surface area contributed by atoms with Crippen molar-refractivity contribution in [2.24, 2.45) is 0 Å². The van der Waals surface area contributed by atoms with E-state index >= 15 is 0 Å². The number of nitrogens with one attached hydrogen (secondary N) is 1. The molecule has 0 bridgehead atoms. The van der Waals surface area contributed by atoms with E-state index in [0.29, 0.717) is 23.4 Å². The first-order valence-corrected chi connectivity index (χ1v) is 6.26. The molecule has 1 aromatic rings. The molecular weight excluding hydrogens is 270 g/mol. The van der Waals surface area contributed by atoms with Gasteiger partial charge in [-0.1, -0.05) is 25.4 Å². The van der Waals surface area contributed by atoms with Gasteiger partial charge in [0.05, 0.1) is 12.1 Å². The molecule has 0 spiro atoms. The Morgan fingerprint density at radius 3 is 2.68 bits per heavy atom. The van der Waals surface area contributed by atoms with Gasteiger partial charge in [0, 0.05) is 12.6 Å². The van der Waals surface area contributed by atoms with E-state index in [0.717, 1.165) is 5.56 Å². The Hall–Kier alpha value is -1.46. The summed E-state index contributed by atoms with van der Waals surface area (Å²) in [7, 11) is 1.49. The van der Waals surface area contributed by atoms with Crippen LogP contribution in [-0.2, 0) is 11.3 Å². The van der Waals surface area contributed by atoms with Crippen LogP contribution in [0, 0.1) is 0 Å². The molecule has 0 aliphatic heterocycles. The van der Waals surface area contributed by atoms with Crippen LogP contribution in [0.5, 0.6) is 11.5 Å². The van der Waals surface area contributed by atoms with Gasteiger partial charge in [0.1, 0.15) is 0 Å². The number of ether oxygens (including phenoxy) is 2. The molecule has 0 heterocycles. The fraction of sp³-hybridized carbons (Fsp3) is 0.462. The van der Waals surface area contributed by atoms with Crippen molar-refractivity contribution in [3.63, 3.8) is 0 Å². The summed E-state index contributed by atoms with van der Waals surface area (Å²) in [6, 6.07) is 3.86. The number of rotatable bonds is 7. The summed E-state index contributed by atoms with van der Waals surface area (Å²) in [5.41, 5.74) is 0.943. The fourth-order valence-corrected chi connectivity index (χ4v) is 1.76. The van der Waals surface area contributed by atoms with Crippen molar-refractivity contribution in [2.45, 2.75) is 26.4 Å². The second-order valence-electron chi connectivity index (χ2n) is 4.33. The Kier molecular flexibility index (Phi) is 5.92. The zero-order chi connectivity index (χ0) is 14.4. The number of methoxy groups -OCH3 is 1. The molecule has 2 N–H and O–H groups in total. The molecule has 6 heteroatoms. The summed E-state index contributed by atoms with van der Waals surface area (Å²) in [6.07, 6.45) is 0. The van der Waals surface area contributed by atoms with Crippen LogP contribution in [0.25, 0.3) is 0 Å². The van der Waals surface area contributed by atoms with Crippen molar-refractivity contribution in [1.29, 1.82) is 0 Å². The first kappa shape index (κ1) is 15.6. The normalized spacial score (nSPS) is 10.6. The van der Waals surface area contributed by atoms with Gasteiger partial charge in [-0.2, -0.15) is 0 Å². The topological polar surface area (TPSA) is 67.8 Å². The maximum absolute atomic E-state index is 10.5. The van der Waals surface area contributed by atoms with Crippen molar-refractivity contribution in [3.8, 4) is 11.5 Å². The van der Waals surface area contributed by atoms with Crippen molar-refractivity contribution in [1.82, 2.24) is 5.32 Å². The van der Waals surface area contributed by atoms with Gasteiger partial charge in [-0.3, -0.25) is 0 Å². The predicted octanol–water partition coefficient (Wildman–Crippen LogP) is 2.31. The van der Waals surface area contributed by atoms with E-state index < -0.39 is 12.6 Å². The molecule has 0 atom stereocenters. The van der Waals surface area contributed by atoms with E-state index in [1.807, 2.05) is 13.8 Å². The lowest BCUT2D eigenvalue weighted by atomic mass is 10.2. The van der Waals surface area contributed by atoms with Crippen LogP contribution in [-0.4, -0.2) is 30.8 Å². The highest BCUT2D eigenvalue weighted by molar-refractivity contribution is 6.32. The number of carboxylic acids is 1. The monoisotopic (exact) mass is 287 g/mol. The number of hydrogen-bond acceptors (Lipinski definition) is 4. The largest absolute Gasteiger partial charge is 0.493 e. The van der Waals surface area contributed by atoms with Crippen LogP contribution in [0.15, 0.2) is 12.1 Å². The molecule has 1 rings (SSSR count). The molecule has 1 aromatic carbocycles. The molecular formula is C13H18ClNO4. The van der Waals surface area contributed by atoms with Gasteiger partial charge < -0.3 is 19.9 Å². The summed E-state index contributed by atoms with van der Waals surface area (Å²) in [4.78, 5) is 10.5. The second kappa shape index (κ2) is 7.21. The van der Waals surface area contributed by atoms with E-state index in [-0.39, 0.29) is 5.75 Å². The number of carboxylic acid groups (broad SMARTS) is 1. The van der Waals surface area contributed by atoms with E-state index in [9.17, 15) is 4.79 Å². The van der Waals surface area contributed by atoms with E-state index in [2.05, 4.69) is 5.32 Å². The minimum absolute atomic E-state index is 0.250. The third-order valence-electron chi connectivity index (χ3n) is 2.34. The van der Waals surface area contributed by atoms with Gasteiger partial charge in [0.15, 0.2) is 18.1 Å². The summed E-state index contributed by atoms with van der Waals surface area (Å²) in [6.45, 7) is 4.28. The van der Waals surface area contributed by atoms with Crippen LogP contribution >= 0.6 is 11.6 Å². The van der Waals surface area contributed by atoms with Crippen molar-refractivity contribution in [3.05, 3.63) is 22.7 Å². The van der Waals surface area contributed by atoms with E-state index in [4.69, 9.17) is 26.2 Å². The van der Waals surface area contributed by atoms with Gasteiger partial charge in [0.25, 0.3) is 0 Å². The zero-order valence-electron chi connectivity index (χ0n) is 11.2. The molecule has 0 aliphatic carbocycles. The third-order valence-corrected chi connectivity index (χ3v) is 2.62. The average Bonchev–Trinajstić information content (AvgIpc) is 2.34. The lowest BCUT2D eigenvalue weighted by Gasteiger charge is -2.14. The minimum atomic E-state index is -1.07. The SMILES string of the molecule is COc1cc(CNC(C)C)cc(Cl)c1OCC(=O)O. The quantitative estimate of drug-likeness (QED) is 0.805. The molecule has 0 unspecified atom stereocenters. The molecule has 0 aromatic heterocycles. The van der Waals surface area contributed by atoms with Crippen molar-refractivity contribution in [2.75, 3.05) is 13.7 Å². The zero-order valence-corrected chi connectivity index (χ0v) is 12.0. The van der Waals surface area contributed by atoms with Gasteiger partial charge in [-0.15, -0.1) is 0 Å². The molecule has 0 amide bonds. The summed E-state index contributed by atoms with van der Waals surface area (Å²) in [5, 5.41) is 12.2. The van der Waals surface area contributed by atoms with Crippen LogP contribution < -0.4 is 14.8 Å². The Morgan fingerprint density at radius 2 is 2.16 bits per heavy atom.